The largest absolute Gasteiger partial charge is 0.493 e. The Balaban J connectivity index is 2.66. The van der Waals surface area contributed by atoms with Crippen LogP contribution in [0.5, 0.6) is 11.5 Å². The number of halogens is 2. The van der Waals surface area contributed by atoms with Gasteiger partial charge in [0.15, 0.2) is 21.8 Å². The number of nitrogens with zero attached hydrogens (tertiary/aromatic N) is 2. The first-order valence-electron chi connectivity index (χ1n) is 5.07. The average Bonchev–Trinajstić information content (AvgIpc) is 2.40. The first-order chi connectivity index (χ1) is 8.67. The summed E-state index contributed by atoms with van der Waals surface area (Å²) in [6.45, 7) is 0. The van der Waals surface area contributed by atoms with Gasteiger partial charge >= 0.3 is 0 Å². The molecule has 0 N–H and O–H groups in total. The molecule has 0 bridgehead atoms. The highest BCUT2D eigenvalue weighted by Gasteiger charge is 2.15. The molecule has 0 unspecified atom stereocenters. The number of hydrogen-bond donors (Lipinski definition) is 0. The quantitative estimate of drug-likeness (QED) is 0.866. The van der Waals surface area contributed by atoms with E-state index >= 15 is 0 Å². The Bertz CT molecular complexity index is 576. The van der Waals surface area contributed by atoms with Crippen LogP contribution in [0, 0.1) is 0 Å². The van der Waals surface area contributed by atoms with Crippen LogP contribution in [-0.4, -0.2) is 24.4 Å². The van der Waals surface area contributed by atoms with Gasteiger partial charge in [-0.05, 0) is 12.1 Å². The molecule has 2 rings (SSSR count). The Morgan fingerprint density at radius 1 is 1.00 bits per heavy atom. The van der Waals surface area contributed by atoms with Gasteiger partial charge in [0.1, 0.15) is 0 Å². The van der Waals surface area contributed by atoms with Gasteiger partial charge < -0.3 is 9.47 Å². The average molecular weight is 285 g/mol. The summed E-state index contributed by atoms with van der Waals surface area (Å²) in [6, 6.07) is 7.11. The Hall–Kier alpha value is -1.52. The zero-order valence-electron chi connectivity index (χ0n) is 9.78. The van der Waals surface area contributed by atoms with Crippen molar-refractivity contribution in [1.82, 2.24) is 10.2 Å². The number of ether oxygens (including phenoxy) is 2. The monoisotopic (exact) mass is 284 g/mol. The molecule has 0 aliphatic carbocycles. The molecular formula is C12H10Cl2N2O2. The van der Waals surface area contributed by atoms with Crippen LogP contribution in [-0.2, 0) is 0 Å². The van der Waals surface area contributed by atoms with Gasteiger partial charge in [-0.25, -0.2) is 0 Å². The summed E-state index contributed by atoms with van der Waals surface area (Å²) in [5, 5.41) is 7.97. The molecular weight excluding hydrogens is 275 g/mol. The van der Waals surface area contributed by atoms with Crippen LogP contribution in [0.1, 0.15) is 0 Å². The normalized spacial score (nSPS) is 10.2. The Morgan fingerprint density at radius 2 is 1.78 bits per heavy atom. The molecule has 1 aromatic carbocycles. The molecule has 0 fully saturated rings. The lowest BCUT2D eigenvalue weighted by molar-refractivity contribution is 0.356. The van der Waals surface area contributed by atoms with Crippen molar-refractivity contribution < 1.29 is 9.47 Å². The van der Waals surface area contributed by atoms with Gasteiger partial charge in [0.25, 0.3) is 0 Å². The van der Waals surface area contributed by atoms with Crippen LogP contribution in [0.4, 0.5) is 0 Å². The highest BCUT2D eigenvalue weighted by atomic mass is 35.5. The smallest absolute Gasteiger partial charge is 0.168 e. The van der Waals surface area contributed by atoms with Gasteiger partial charge in [0.05, 0.1) is 14.2 Å². The third-order valence-electron chi connectivity index (χ3n) is 2.41. The molecule has 2 aromatic rings. The van der Waals surface area contributed by atoms with Crippen molar-refractivity contribution in [3.63, 3.8) is 0 Å². The number of hydrogen-bond acceptors (Lipinski definition) is 4. The van der Waals surface area contributed by atoms with E-state index in [1.165, 1.54) is 0 Å². The number of para-hydroxylation sites is 1. The molecule has 1 aromatic heterocycles. The van der Waals surface area contributed by atoms with Gasteiger partial charge in [0, 0.05) is 11.1 Å². The molecule has 94 valence electrons. The first kappa shape index (κ1) is 12.9. The summed E-state index contributed by atoms with van der Waals surface area (Å²) >= 11 is 11.9. The molecule has 0 aliphatic rings. The van der Waals surface area contributed by atoms with Crippen molar-refractivity contribution in [3.8, 4) is 22.6 Å². The lowest BCUT2D eigenvalue weighted by Gasteiger charge is -2.13. The minimum Gasteiger partial charge on any atom is -0.493 e. The maximum atomic E-state index is 6.03. The molecule has 18 heavy (non-hydrogen) atoms. The molecule has 0 atom stereocenters. The van der Waals surface area contributed by atoms with Crippen molar-refractivity contribution in [2.75, 3.05) is 14.2 Å². The van der Waals surface area contributed by atoms with E-state index in [2.05, 4.69) is 10.2 Å². The van der Waals surface area contributed by atoms with Crippen molar-refractivity contribution in [1.29, 1.82) is 0 Å². The molecule has 0 spiro atoms. The molecule has 0 saturated heterocycles. The number of rotatable bonds is 3. The molecule has 0 radical (unpaired) electrons. The Kier molecular flexibility index (Phi) is 3.89. The molecule has 0 aliphatic heterocycles. The molecule has 4 nitrogen and oxygen atoms in total. The van der Waals surface area contributed by atoms with Crippen LogP contribution in [0.25, 0.3) is 11.1 Å². The van der Waals surface area contributed by atoms with Crippen LogP contribution in [0.2, 0.25) is 10.3 Å². The summed E-state index contributed by atoms with van der Waals surface area (Å²) in [6.07, 6.45) is 0. The SMILES string of the molecule is COc1cccc(-c2cc(Cl)nnc2Cl)c1OC. The minimum absolute atomic E-state index is 0.256. The Labute approximate surface area is 114 Å². The zero-order valence-corrected chi connectivity index (χ0v) is 11.3. The summed E-state index contributed by atoms with van der Waals surface area (Å²) in [5.41, 5.74) is 1.39. The standard InChI is InChI=1S/C12H10Cl2N2O2/c1-17-9-5-3-4-7(11(9)18-2)8-6-10(13)15-16-12(8)14/h3-6H,1-2H3. The summed E-state index contributed by atoms with van der Waals surface area (Å²) < 4.78 is 10.6. The minimum atomic E-state index is 0.256. The first-order valence-corrected chi connectivity index (χ1v) is 5.83. The van der Waals surface area contributed by atoms with Gasteiger partial charge in [-0.1, -0.05) is 35.3 Å². The summed E-state index contributed by atoms with van der Waals surface area (Å²) in [7, 11) is 3.13. The number of benzene rings is 1. The third kappa shape index (κ3) is 2.35. The fraction of sp³-hybridized carbons (Fsp3) is 0.167. The maximum Gasteiger partial charge on any atom is 0.168 e. The number of aromatic nitrogens is 2. The fourth-order valence-electron chi connectivity index (χ4n) is 1.64. The molecule has 0 amide bonds. The van der Waals surface area contributed by atoms with Gasteiger partial charge in [-0.15, -0.1) is 10.2 Å². The van der Waals surface area contributed by atoms with Crippen molar-refractivity contribution in [2.45, 2.75) is 0 Å². The van der Waals surface area contributed by atoms with Gasteiger partial charge in [-0.3, -0.25) is 0 Å². The second-order valence-electron chi connectivity index (χ2n) is 3.41. The van der Waals surface area contributed by atoms with Gasteiger partial charge in [-0.2, -0.15) is 0 Å². The van der Waals surface area contributed by atoms with Crippen molar-refractivity contribution in [3.05, 3.63) is 34.6 Å². The lowest BCUT2D eigenvalue weighted by Crippen LogP contribution is -1.95. The van der Waals surface area contributed by atoms with Crippen LogP contribution in [0.3, 0.4) is 0 Å². The highest BCUT2D eigenvalue weighted by molar-refractivity contribution is 6.33. The topological polar surface area (TPSA) is 44.2 Å². The van der Waals surface area contributed by atoms with E-state index in [0.717, 1.165) is 5.56 Å². The lowest BCUT2D eigenvalue weighted by atomic mass is 10.1. The van der Waals surface area contributed by atoms with Crippen LogP contribution < -0.4 is 9.47 Å². The fourth-order valence-corrected chi connectivity index (χ4v) is 1.98. The van der Waals surface area contributed by atoms with E-state index < -0.39 is 0 Å². The van der Waals surface area contributed by atoms with E-state index in [9.17, 15) is 0 Å². The molecule has 6 heteroatoms. The van der Waals surface area contributed by atoms with Gasteiger partial charge in [0.2, 0.25) is 0 Å². The van der Waals surface area contributed by atoms with Crippen LogP contribution >= 0.6 is 23.2 Å². The van der Waals surface area contributed by atoms with E-state index in [1.54, 1.807) is 26.4 Å². The predicted octanol–water partition coefficient (Wildman–Crippen LogP) is 3.47. The number of methoxy groups -OCH3 is 2. The van der Waals surface area contributed by atoms with E-state index in [-0.39, 0.29) is 10.3 Å². The second kappa shape index (κ2) is 5.42. The van der Waals surface area contributed by atoms with Crippen LogP contribution in [0.15, 0.2) is 24.3 Å². The highest BCUT2D eigenvalue weighted by Crippen LogP contribution is 2.40. The van der Waals surface area contributed by atoms with Crippen molar-refractivity contribution in [2.24, 2.45) is 0 Å². The van der Waals surface area contributed by atoms with Crippen molar-refractivity contribution >= 4 is 23.2 Å². The summed E-state index contributed by atoms with van der Waals surface area (Å²) in [4.78, 5) is 0. The van der Waals surface area contributed by atoms with E-state index in [4.69, 9.17) is 32.7 Å². The maximum absolute atomic E-state index is 6.03. The van der Waals surface area contributed by atoms with E-state index in [0.29, 0.717) is 17.1 Å². The Morgan fingerprint density at radius 3 is 2.44 bits per heavy atom. The third-order valence-corrected chi connectivity index (χ3v) is 2.88. The summed E-state index contributed by atoms with van der Waals surface area (Å²) in [5.74, 6) is 1.19. The zero-order chi connectivity index (χ0) is 13.1. The molecule has 0 saturated carbocycles. The van der Waals surface area contributed by atoms with E-state index in [1.807, 2.05) is 12.1 Å². The molecule has 1 heterocycles. The second-order valence-corrected chi connectivity index (χ2v) is 4.16. The predicted molar refractivity (Wildman–Crippen MR) is 70.6 cm³/mol.